The zero-order valence-electron chi connectivity index (χ0n) is 14.5. The molecule has 142 valence electrons. The quantitative estimate of drug-likeness (QED) is 0.568. The van der Waals surface area contributed by atoms with Crippen LogP contribution in [0.5, 0.6) is 0 Å². The van der Waals surface area contributed by atoms with E-state index in [9.17, 15) is 23.1 Å². The molecule has 8 heteroatoms. The van der Waals surface area contributed by atoms with Crippen molar-refractivity contribution in [2.45, 2.75) is 61.9 Å². The van der Waals surface area contributed by atoms with Crippen LogP contribution in [0.3, 0.4) is 0 Å². The summed E-state index contributed by atoms with van der Waals surface area (Å²) in [5, 5.41) is 11.8. The Morgan fingerprint density at radius 3 is 2.31 bits per heavy atom. The summed E-state index contributed by atoms with van der Waals surface area (Å²) in [5.41, 5.74) is 0.833. The summed E-state index contributed by atoms with van der Waals surface area (Å²) in [6.45, 7) is 0. The summed E-state index contributed by atoms with van der Waals surface area (Å²) >= 11 is 0. The molecule has 2 aliphatic rings. The number of benzene rings is 1. The minimum absolute atomic E-state index is 0.0567. The van der Waals surface area contributed by atoms with Crippen LogP contribution in [-0.2, 0) is 26.0 Å². The fraction of sp³-hybridized carbons (Fsp3) is 0.556. The molecule has 7 nitrogen and oxygen atoms in total. The number of amides is 1. The first-order valence-corrected chi connectivity index (χ1v) is 10.5. The molecule has 0 aliphatic heterocycles. The minimum atomic E-state index is -3.47. The SMILES string of the molecule is O=C(CCc1ccc(S(=O)(=O)NC2CC2)cc1)NC(CC1CC1)C(=O)O. The maximum Gasteiger partial charge on any atom is 0.326 e. The zero-order valence-corrected chi connectivity index (χ0v) is 15.3. The molecule has 0 bridgehead atoms. The standard InChI is InChI=1S/C18H24N2O5S/c21-17(19-16(18(22)23)11-13-1-2-13)10-5-12-3-8-15(9-4-12)26(24,25)20-14-6-7-14/h3-4,8-9,13-14,16,20H,1-2,5-7,10-11H2,(H,19,21)(H,22,23). The van der Waals surface area contributed by atoms with Crippen LogP contribution in [0.2, 0.25) is 0 Å². The van der Waals surface area contributed by atoms with Gasteiger partial charge in [-0.05, 0) is 49.3 Å². The highest BCUT2D eigenvalue weighted by Gasteiger charge is 2.30. The predicted molar refractivity (Wildman–Crippen MR) is 95.0 cm³/mol. The van der Waals surface area contributed by atoms with Gasteiger partial charge in [-0.2, -0.15) is 0 Å². The van der Waals surface area contributed by atoms with E-state index in [-0.39, 0.29) is 23.3 Å². The molecule has 0 spiro atoms. The van der Waals surface area contributed by atoms with Gasteiger partial charge in [-0.1, -0.05) is 25.0 Å². The molecule has 1 unspecified atom stereocenters. The van der Waals surface area contributed by atoms with Crippen molar-refractivity contribution in [3.63, 3.8) is 0 Å². The summed E-state index contributed by atoms with van der Waals surface area (Å²) < 4.78 is 26.8. The summed E-state index contributed by atoms with van der Waals surface area (Å²) in [7, 11) is -3.47. The van der Waals surface area contributed by atoms with Crippen LogP contribution in [0.25, 0.3) is 0 Å². The first-order valence-electron chi connectivity index (χ1n) is 8.97. The van der Waals surface area contributed by atoms with Crippen molar-refractivity contribution in [1.82, 2.24) is 10.0 Å². The van der Waals surface area contributed by atoms with Crippen LogP contribution in [-0.4, -0.2) is 37.5 Å². The third-order valence-corrected chi connectivity index (χ3v) is 6.21. The Balaban J connectivity index is 1.49. The van der Waals surface area contributed by atoms with Crippen molar-refractivity contribution >= 4 is 21.9 Å². The Bertz CT molecular complexity index is 767. The highest BCUT2D eigenvalue weighted by Crippen LogP contribution is 2.33. The van der Waals surface area contributed by atoms with E-state index in [2.05, 4.69) is 10.0 Å². The molecule has 0 aromatic heterocycles. The second-order valence-electron chi connectivity index (χ2n) is 7.18. The van der Waals surface area contributed by atoms with Crippen LogP contribution in [0.1, 0.15) is 44.1 Å². The van der Waals surface area contributed by atoms with Gasteiger partial charge in [-0.3, -0.25) is 4.79 Å². The lowest BCUT2D eigenvalue weighted by Gasteiger charge is -2.14. The third-order valence-electron chi connectivity index (χ3n) is 4.67. The highest BCUT2D eigenvalue weighted by atomic mass is 32.2. The van der Waals surface area contributed by atoms with E-state index in [1.165, 1.54) is 12.1 Å². The lowest BCUT2D eigenvalue weighted by atomic mass is 10.1. The molecule has 1 aromatic rings. The molecule has 26 heavy (non-hydrogen) atoms. The lowest BCUT2D eigenvalue weighted by Crippen LogP contribution is -2.41. The molecule has 2 fully saturated rings. The third kappa shape index (κ3) is 5.54. The first kappa shape index (κ1) is 18.8. The van der Waals surface area contributed by atoms with Crippen molar-refractivity contribution in [2.75, 3.05) is 0 Å². The van der Waals surface area contributed by atoms with Gasteiger partial charge in [0.05, 0.1) is 4.90 Å². The number of sulfonamides is 1. The smallest absolute Gasteiger partial charge is 0.326 e. The predicted octanol–water partition coefficient (Wildman–Crippen LogP) is 1.43. The molecule has 1 amide bonds. The van der Waals surface area contributed by atoms with Gasteiger partial charge in [0, 0.05) is 12.5 Å². The molecule has 1 atom stereocenters. The van der Waals surface area contributed by atoms with Crippen molar-refractivity contribution in [2.24, 2.45) is 5.92 Å². The molecular weight excluding hydrogens is 356 g/mol. The Labute approximate surface area is 153 Å². The van der Waals surface area contributed by atoms with Crippen LogP contribution >= 0.6 is 0 Å². The van der Waals surface area contributed by atoms with Crippen LogP contribution in [0, 0.1) is 5.92 Å². The van der Waals surface area contributed by atoms with Gasteiger partial charge < -0.3 is 10.4 Å². The van der Waals surface area contributed by atoms with E-state index >= 15 is 0 Å². The maximum atomic E-state index is 12.1. The number of rotatable bonds is 10. The Hall–Kier alpha value is -1.93. The van der Waals surface area contributed by atoms with Gasteiger partial charge in [0.1, 0.15) is 6.04 Å². The molecular formula is C18H24N2O5S. The number of aryl methyl sites for hydroxylation is 1. The molecule has 0 radical (unpaired) electrons. The summed E-state index contributed by atoms with van der Waals surface area (Å²) in [4.78, 5) is 23.4. The van der Waals surface area contributed by atoms with Gasteiger partial charge in [0.2, 0.25) is 15.9 Å². The van der Waals surface area contributed by atoms with Crippen molar-refractivity contribution < 1.29 is 23.1 Å². The van der Waals surface area contributed by atoms with E-state index < -0.39 is 22.0 Å². The molecule has 0 saturated heterocycles. The van der Waals surface area contributed by atoms with Gasteiger partial charge >= 0.3 is 5.97 Å². The fourth-order valence-electron chi connectivity index (χ4n) is 2.76. The van der Waals surface area contributed by atoms with Gasteiger partial charge in [0.15, 0.2) is 0 Å². The monoisotopic (exact) mass is 380 g/mol. The van der Waals surface area contributed by atoms with E-state index in [0.29, 0.717) is 18.8 Å². The molecule has 2 aliphatic carbocycles. The normalized spacial score (nSPS) is 18.3. The molecule has 1 aromatic carbocycles. The molecule has 3 rings (SSSR count). The number of carboxylic acids is 1. The van der Waals surface area contributed by atoms with Crippen molar-refractivity contribution in [3.05, 3.63) is 29.8 Å². The summed E-state index contributed by atoms with van der Waals surface area (Å²) in [5.74, 6) is -0.886. The average Bonchev–Trinajstić information content (AvgIpc) is 3.49. The zero-order chi connectivity index (χ0) is 18.7. The topological polar surface area (TPSA) is 113 Å². The Morgan fingerprint density at radius 1 is 1.12 bits per heavy atom. The lowest BCUT2D eigenvalue weighted by molar-refractivity contribution is -0.142. The van der Waals surface area contributed by atoms with E-state index in [1.54, 1.807) is 12.1 Å². The van der Waals surface area contributed by atoms with E-state index in [0.717, 1.165) is 31.2 Å². The van der Waals surface area contributed by atoms with Gasteiger partial charge in [0.25, 0.3) is 0 Å². The minimum Gasteiger partial charge on any atom is -0.480 e. The summed E-state index contributed by atoms with van der Waals surface area (Å²) in [6.07, 6.45) is 4.91. The van der Waals surface area contributed by atoms with Crippen molar-refractivity contribution in [1.29, 1.82) is 0 Å². The van der Waals surface area contributed by atoms with Gasteiger partial charge in [-0.15, -0.1) is 0 Å². The Kier molecular flexibility index (Phi) is 5.62. The fourth-order valence-corrected chi connectivity index (χ4v) is 4.06. The second kappa shape index (κ2) is 7.75. The first-order chi connectivity index (χ1) is 12.3. The number of aliphatic carboxylic acids is 1. The highest BCUT2D eigenvalue weighted by molar-refractivity contribution is 7.89. The van der Waals surface area contributed by atoms with Crippen LogP contribution in [0.15, 0.2) is 29.2 Å². The Morgan fingerprint density at radius 2 is 1.77 bits per heavy atom. The van der Waals surface area contributed by atoms with Crippen molar-refractivity contribution in [3.8, 4) is 0 Å². The summed E-state index contributed by atoms with van der Waals surface area (Å²) in [6, 6.07) is 5.68. The molecule has 3 N–H and O–H groups in total. The van der Waals surface area contributed by atoms with Crippen LogP contribution < -0.4 is 10.0 Å². The number of carbonyl (C=O) groups is 2. The number of hydrogen-bond acceptors (Lipinski definition) is 4. The number of hydrogen-bond donors (Lipinski definition) is 3. The van der Waals surface area contributed by atoms with E-state index in [4.69, 9.17) is 0 Å². The number of carboxylic acid groups (broad SMARTS) is 1. The van der Waals surface area contributed by atoms with E-state index in [1.807, 2.05) is 0 Å². The largest absolute Gasteiger partial charge is 0.480 e. The number of nitrogens with one attached hydrogen (secondary N) is 2. The second-order valence-corrected chi connectivity index (χ2v) is 8.89. The van der Waals surface area contributed by atoms with Gasteiger partial charge in [-0.25, -0.2) is 17.9 Å². The maximum absolute atomic E-state index is 12.1. The number of carbonyl (C=O) groups excluding carboxylic acids is 1. The molecule has 2 saturated carbocycles. The average molecular weight is 380 g/mol. The van der Waals surface area contributed by atoms with Crippen LogP contribution in [0.4, 0.5) is 0 Å². The molecule has 0 heterocycles.